The lowest BCUT2D eigenvalue weighted by Crippen LogP contribution is -2.25. The second-order valence-corrected chi connectivity index (χ2v) is 7.26. The Morgan fingerprint density at radius 2 is 1.93 bits per heavy atom. The zero-order valence-electron chi connectivity index (χ0n) is 16.1. The van der Waals surface area contributed by atoms with Gasteiger partial charge in [-0.25, -0.2) is 9.78 Å². The lowest BCUT2D eigenvalue weighted by atomic mass is 9.93. The van der Waals surface area contributed by atoms with Crippen molar-refractivity contribution in [3.8, 4) is 0 Å². The Morgan fingerprint density at radius 1 is 1.10 bits per heavy atom. The SMILES string of the molecule is O=C(NCc1cn2ccccc2n1)c1ccc2c(c1)C[C@H](c1ccccc1)OC2=O. The Labute approximate surface area is 173 Å². The van der Waals surface area contributed by atoms with Gasteiger partial charge in [0.25, 0.3) is 5.91 Å². The zero-order chi connectivity index (χ0) is 20.5. The number of nitrogens with zero attached hydrogens (tertiary/aromatic N) is 2. The summed E-state index contributed by atoms with van der Waals surface area (Å²) in [7, 11) is 0. The molecular weight excluding hydrogens is 378 g/mol. The van der Waals surface area contributed by atoms with E-state index >= 15 is 0 Å². The molecule has 0 saturated carbocycles. The maximum atomic E-state index is 12.7. The summed E-state index contributed by atoms with van der Waals surface area (Å²) in [6, 6.07) is 20.5. The van der Waals surface area contributed by atoms with Crippen molar-refractivity contribution < 1.29 is 14.3 Å². The number of carbonyl (C=O) groups excluding carboxylic acids is 2. The monoisotopic (exact) mass is 397 g/mol. The van der Waals surface area contributed by atoms with Gasteiger partial charge in [0.2, 0.25) is 0 Å². The predicted molar refractivity (Wildman–Crippen MR) is 111 cm³/mol. The van der Waals surface area contributed by atoms with Crippen molar-refractivity contribution in [2.45, 2.75) is 19.1 Å². The van der Waals surface area contributed by atoms with Gasteiger partial charge in [0.15, 0.2) is 0 Å². The van der Waals surface area contributed by atoms with Gasteiger partial charge in [-0.15, -0.1) is 0 Å². The Kier molecular flexibility index (Phi) is 4.52. The van der Waals surface area contributed by atoms with Crippen molar-refractivity contribution in [2.75, 3.05) is 0 Å². The van der Waals surface area contributed by atoms with Gasteiger partial charge in [0, 0.05) is 24.4 Å². The maximum absolute atomic E-state index is 12.7. The number of pyridine rings is 1. The number of fused-ring (bicyclic) bond motifs is 2. The molecule has 4 aromatic rings. The molecule has 0 unspecified atom stereocenters. The zero-order valence-corrected chi connectivity index (χ0v) is 16.1. The van der Waals surface area contributed by atoms with Crippen LogP contribution in [0.15, 0.2) is 79.1 Å². The van der Waals surface area contributed by atoms with Crippen LogP contribution in [0.4, 0.5) is 0 Å². The summed E-state index contributed by atoms with van der Waals surface area (Å²) in [4.78, 5) is 29.6. The molecule has 0 saturated heterocycles. The second kappa shape index (κ2) is 7.48. The predicted octanol–water partition coefficient (Wildman–Crippen LogP) is 3.72. The van der Waals surface area contributed by atoms with Crippen molar-refractivity contribution >= 4 is 17.5 Å². The van der Waals surface area contributed by atoms with Gasteiger partial charge >= 0.3 is 5.97 Å². The van der Waals surface area contributed by atoms with Gasteiger partial charge in [0.05, 0.1) is 17.8 Å². The fourth-order valence-electron chi connectivity index (χ4n) is 3.74. The quantitative estimate of drug-likeness (QED) is 0.533. The molecule has 6 heteroatoms. The molecule has 2 aromatic carbocycles. The van der Waals surface area contributed by atoms with E-state index in [-0.39, 0.29) is 18.0 Å². The van der Waals surface area contributed by atoms with E-state index < -0.39 is 0 Å². The van der Waals surface area contributed by atoms with Crippen LogP contribution in [-0.4, -0.2) is 21.3 Å². The maximum Gasteiger partial charge on any atom is 0.339 e. The molecule has 0 fully saturated rings. The number of ether oxygens (including phenoxy) is 1. The number of amides is 1. The summed E-state index contributed by atoms with van der Waals surface area (Å²) < 4.78 is 7.50. The van der Waals surface area contributed by atoms with Crippen LogP contribution in [0.5, 0.6) is 0 Å². The number of nitrogens with one attached hydrogen (secondary N) is 1. The van der Waals surface area contributed by atoms with E-state index in [1.54, 1.807) is 18.2 Å². The van der Waals surface area contributed by atoms with Crippen LogP contribution in [-0.2, 0) is 17.7 Å². The highest BCUT2D eigenvalue weighted by atomic mass is 16.5. The first kappa shape index (κ1) is 18.1. The van der Waals surface area contributed by atoms with E-state index in [0.29, 0.717) is 24.1 Å². The summed E-state index contributed by atoms with van der Waals surface area (Å²) in [6.45, 7) is 0.326. The Morgan fingerprint density at radius 3 is 2.77 bits per heavy atom. The average Bonchev–Trinajstić information content (AvgIpc) is 3.20. The van der Waals surface area contributed by atoms with E-state index in [2.05, 4.69) is 10.3 Å². The third kappa shape index (κ3) is 3.43. The molecule has 1 aliphatic heterocycles. The topological polar surface area (TPSA) is 72.7 Å². The highest BCUT2D eigenvalue weighted by Crippen LogP contribution is 2.31. The molecule has 1 N–H and O–H groups in total. The van der Waals surface area contributed by atoms with E-state index in [1.165, 1.54) is 0 Å². The lowest BCUT2D eigenvalue weighted by molar-refractivity contribution is 0.0252. The molecule has 148 valence electrons. The number of rotatable bonds is 4. The molecular formula is C24H19N3O3. The summed E-state index contributed by atoms with van der Waals surface area (Å²) in [5.41, 5.74) is 4.40. The van der Waals surface area contributed by atoms with Gasteiger partial charge in [-0.3, -0.25) is 4.79 Å². The molecule has 30 heavy (non-hydrogen) atoms. The van der Waals surface area contributed by atoms with Crippen LogP contribution in [0, 0.1) is 0 Å². The van der Waals surface area contributed by atoms with Gasteiger partial charge in [-0.1, -0.05) is 36.4 Å². The van der Waals surface area contributed by atoms with Crippen LogP contribution in [0.25, 0.3) is 5.65 Å². The van der Waals surface area contributed by atoms with Crippen molar-refractivity contribution in [3.05, 3.63) is 107 Å². The number of esters is 1. The van der Waals surface area contributed by atoms with Crippen LogP contribution in [0.2, 0.25) is 0 Å². The summed E-state index contributed by atoms with van der Waals surface area (Å²) in [6.07, 6.45) is 4.00. The number of aromatic nitrogens is 2. The first-order chi connectivity index (χ1) is 14.7. The number of benzene rings is 2. The Balaban J connectivity index is 1.33. The average molecular weight is 397 g/mol. The van der Waals surface area contributed by atoms with Gasteiger partial charge in [-0.2, -0.15) is 0 Å². The lowest BCUT2D eigenvalue weighted by Gasteiger charge is -2.25. The third-order valence-corrected chi connectivity index (χ3v) is 5.26. The van der Waals surface area contributed by atoms with Crippen molar-refractivity contribution in [1.82, 2.24) is 14.7 Å². The normalized spacial score (nSPS) is 15.5. The van der Waals surface area contributed by atoms with Crippen molar-refractivity contribution in [2.24, 2.45) is 0 Å². The first-order valence-corrected chi connectivity index (χ1v) is 9.77. The van der Waals surface area contributed by atoms with Crippen LogP contribution >= 0.6 is 0 Å². The highest BCUT2D eigenvalue weighted by molar-refractivity contribution is 5.97. The van der Waals surface area contributed by atoms with E-state index in [9.17, 15) is 9.59 Å². The van der Waals surface area contributed by atoms with Gasteiger partial charge in [-0.05, 0) is 41.5 Å². The smallest absolute Gasteiger partial charge is 0.339 e. The van der Waals surface area contributed by atoms with Crippen LogP contribution < -0.4 is 5.32 Å². The molecule has 2 aromatic heterocycles. The van der Waals surface area contributed by atoms with Crippen molar-refractivity contribution in [3.63, 3.8) is 0 Å². The minimum atomic E-state index is -0.359. The molecule has 0 aliphatic carbocycles. The Hall–Kier alpha value is -3.93. The fourth-order valence-corrected chi connectivity index (χ4v) is 3.74. The number of cyclic esters (lactones) is 1. The molecule has 3 heterocycles. The number of imidazole rings is 1. The molecule has 6 nitrogen and oxygen atoms in total. The fraction of sp³-hybridized carbons (Fsp3) is 0.125. The van der Waals surface area contributed by atoms with E-state index in [0.717, 1.165) is 22.5 Å². The number of hydrogen-bond donors (Lipinski definition) is 1. The summed E-state index contributed by atoms with van der Waals surface area (Å²) in [5, 5.41) is 2.91. The molecule has 0 radical (unpaired) electrons. The Bertz CT molecular complexity index is 1210. The highest BCUT2D eigenvalue weighted by Gasteiger charge is 2.28. The summed E-state index contributed by atoms with van der Waals surface area (Å²) in [5.74, 6) is -0.563. The number of hydrogen-bond acceptors (Lipinski definition) is 4. The van der Waals surface area contributed by atoms with E-state index in [1.807, 2.05) is 65.3 Å². The largest absolute Gasteiger partial charge is 0.454 e. The molecule has 1 atom stereocenters. The minimum absolute atomic E-state index is 0.204. The third-order valence-electron chi connectivity index (χ3n) is 5.26. The molecule has 0 bridgehead atoms. The van der Waals surface area contributed by atoms with Gasteiger partial charge < -0.3 is 14.5 Å². The van der Waals surface area contributed by atoms with Gasteiger partial charge in [0.1, 0.15) is 11.8 Å². The first-order valence-electron chi connectivity index (χ1n) is 9.77. The minimum Gasteiger partial charge on any atom is -0.454 e. The molecule has 5 rings (SSSR count). The van der Waals surface area contributed by atoms with E-state index in [4.69, 9.17) is 4.74 Å². The standard InChI is InChI=1S/C24H19N3O3/c28-23(25-14-19-15-27-11-5-4-8-22(27)26-19)17-9-10-20-18(12-17)13-21(30-24(20)29)16-6-2-1-3-7-16/h1-12,15,21H,13-14H2,(H,25,28)/t21-/m1/s1. The summed E-state index contributed by atoms with van der Waals surface area (Å²) >= 11 is 0. The van der Waals surface area contributed by atoms with Crippen LogP contribution in [0.1, 0.15) is 43.6 Å². The molecule has 0 spiro atoms. The van der Waals surface area contributed by atoms with Crippen molar-refractivity contribution in [1.29, 1.82) is 0 Å². The molecule has 1 amide bonds. The number of carbonyl (C=O) groups is 2. The second-order valence-electron chi connectivity index (χ2n) is 7.26. The molecule has 1 aliphatic rings. The van der Waals surface area contributed by atoms with Crippen LogP contribution in [0.3, 0.4) is 0 Å².